The van der Waals surface area contributed by atoms with Crippen LogP contribution >= 0.6 is 0 Å². The molecule has 3 N–H and O–H groups in total. The van der Waals surface area contributed by atoms with Crippen LogP contribution < -0.4 is 10.5 Å². The molecule has 0 unspecified atom stereocenters. The molecule has 1 amide bonds. The molecule has 1 aromatic carbocycles. The monoisotopic (exact) mass is 414 g/mol. The number of amides is 1. The summed E-state index contributed by atoms with van der Waals surface area (Å²) in [6.45, 7) is 8.55. The first-order valence-corrected chi connectivity index (χ1v) is 11.0. The maximum atomic E-state index is 11.9. The fraction of sp³-hybridized carbons (Fsp3) is 0.333. The molecule has 0 aliphatic carbocycles. The van der Waals surface area contributed by atoms with Crippen LogP contribution in [0.4, 0.5) is 5.69 Å². The molecule has 0 saturated carbocycles. The van der Waals surface area contributed by atoms with Gasteiger partial charge in [-0.25, -0.2) is 13.4 Å². The lowest BCUT2D eigenvalue weighted by Crippen LogP contribution is -2.15. The number of primary amides is 1. The Morgan fingerprint density at radius 2 is 1.86 bits per heavy atom. The van der Waals surface area contributed by atoms with Crippen molar-refractivity contribution >= 4 is 32.7 Å². The summed E-state index contributed by atoms with van der Waals surface area (Å²) < 4.78 is 28.0. The first-order chi connectivity index (χ1) is 13.5. The van der Waals surface area contributed by atoms with Crippen molar-refractivity contribution in [3.05, 3.63) is 59.4 Å². The number of nitrogens with two attached hydrogens (primary N) is 1. The van der Waals surface area contributed by atoms with Gasteiger partial charge < -0.3 is 10.3 Å². The number of anilines is 1. The number of hydrogen-bond acceptors (Lipinski definition) is 4. The van der Waals surface area contributed by atoms with Gasteiger partial charge in [0, 0.05) is 18.1 Å². The molecule has 0 spiro atoms. The Balaban J connectivity index is 1.99. The van der Waals surface area contributed by atoms with Crippen LogP contribution in [0.5, 0.6) is 0 Å². The number of rotatable bonds is 6. The van der Waals surface area contributed by atoms with Crippen molar-refractivity contribution in [1.29, 1.82) is 0 Å². The van der Waals surface area contributed by atoms with Crippen molar-refractivity contribution in [3.63, 3.8) is 0 Å². The van der Waals surface area contributed by atoms with E-state index in [0.29, 0.717) is 28.8 Å². The van der Waals surface area contributed by atoms with Gasteiger partial charge in [-0.05, 0) is 29.5 Å². The molecule has 8 heteroatoms. The third-order valence-corrected chi connectivity index (χ3v) is 6.11. The van der Waals surface area contributed by atoms with Crippen molar-refractivity contribution in [3.8, 4) is 0 Å². The van der Waals surface area contributed by atoms with Gasteiger partial charge in [-0.2, -0.15) is 0 Å². The first-order valence-electron chi connectivity index (χ1n) is 9.39. The van der Waals surface area contributed by atoms with Crippen LogP contribution in [0.25, 0.3) is 11.0 Å². The second kappa shape index (κ2) is 7.51. The molecular weight excluding hydrogens is 388 g/mol. The summed E-state index contributed by atoms with van der Waals surface area (Å²) in [5, 5.41) is 0.514. The summed E-state index contributed by atoms with van der Waals surface area (Å²) in [5.41, 5.74) is 9.08. The smallest absolute Gasteiger partial charge is 0.250 e. The van der Waals surface area contributed by atoms with Gasteiger partial charge in [0.2, 0.25) is 10.0 Å². The average Bonchev–Trinajstić information content (AvgIpc) is 2.99. The molecule has 7 nitrogen and oxygen atoms in total. The van der Waals surface area contributed by atoms with Crippen molar-refractivity contribution < 1.29 is 13.2 Å². The highest BCUT2D eigenvalue weighted by molar-refractivity contribution is 7.92. The van der Waals surface area contributed by atoms with Crippen molar-refractivity contribution in [2.45, 2.75) is 39.7 Å². The molecule has 0 aliphatic rings. The summed E-state index contributed by atoms with van der Waals surface area (Å²) in [6.07, 6.45) is 3.11. The molecule has 154 valence electrons. The predicted molar refractivity (Wildman–Crippen MR) is 116 cm³/mol. The number of sulfonamides is 1. The standard InChI is InChI=1S/C21H26N4O3S/c1-5-29(27,28)24-16-10-17-18(19(22)26)13-25(20(17)23-11-16)12-14-6-8-15(9-7-14)21(2,3)4/h6-11,13,24H,5,12H2,1-4H3,(H2,22,26). The Hall–Kier alpha value is -2.87. The normalized spacial score (nSPS) is 12.3. The zero-order chi connectivity index (χ0) is 21.4. The molecule has 0 bridgehead atoms. The van der Waals surface area contributed by atoms with E-state index in [2.05, 4.69) is 54.7 Å². The summed E-state index contributed by atoms with van der Waals surface area (Å²) in [5.74, 6) is -0.645. The van der Waals surface area contributed by atoms with Crippen molar-refractivity contribution in [1.82, 2.24) is 9.55 Å². The number of fused-ring (bicyclic) bond motifs is 1. The topological polar surface area (TPSA) is 107 Å². The van der Waals surface area contributed by atoms with E-state index < -0.39 is 15.9 Å². The predicted octanol–water partition coefficient (Wildman–Crippen LogP) is 3.24. The average molecular weight is 415 g/mol. The van der Waals surface area contributed by atoms with Crippen LogP contribution in [0, 0.1) is 0 Å². The second-order valence-corrected chi connectivity index (χ2v) is 10.1. The number of pyridine rings is 1. The van der Waals surface area contributed by atoms with Crippen LogP contribution in [0.3, 0.4) is 0 Å². The van der Waals surface area contributed by atoms with Crippen LogP contribution in [0.1, 0.15) is 49.2 Å². The fourth-order valence-corrected chi connectivity index (χ4v) is 3.72. The van der Waals surface area contributed by atoms with E-state index in [4.69, 9.17) is 5.73 Å². The molecule has 0 atom stereocenters. The number of carbonyl (C=O) groups is 1. The van der Waals surface area contributed by atoms with E-state index in [0.717, 1.165) is 5.56 Å². The quantitative estimate of drug-likeness (QED) is 0.645. The van der Waals surface area contributed by atoms with Gasteiger partial charge in [-0.15, -0.1) is 0 Å². The Kier molecular flexibility index (Phi) is 5.40. The molecule has 3 rings (SSSR count). The van der Waals surface area contributed by atoms with E-state index in [1.165, 1.54) is 11.8 Å². The summed E-state index contributed by atoms with van der Waals surface area (Å²) >= 11 is 0. The number of hydrogen-bond donors (Lipinski definition) is 2. The van der Waals surface area contributed by atoms with Gasteiger partial charge in [0.1, 0.15) is 5.65 Å². The van der Waals surface area contributed by atoms with E-state index in [-0.39, 0.29) is 11.2 Å². The summed E-state index contributed by atoms with van der Waals surface area (Å²) in [6, 6.07) is 9.90. The Morgan fingerprint density at radius 1 is 1.21 bits per heavy atom. The summed E-state index contributed by atoms with van der Waals surface area (Å²) in [7, 11) is -3.45. The van der Waals surface area contributed by atoms with Gasteiger partial charge in [-0.1, -0.05) is 45.0 Å². The maximum absolute atomic E-state index is 11.9. The number of aromatic nitrogens is 2. The minimum absolute atomic E-state index is 0.0563. The van der Waals surface area contributed by atoms with Gasteiger partial charge in [-0.3, -0.25) is 9.52 Å². The lowest BCUT2D eigenvalue weighted by Gasteiger charge is -2.19. The van der Waals surface area contributed by atoms with Gasteiger partial charge in [0.25, 0.3) is 5.91 Å². The Bertz CT molecular complexity index is 1160. The first kappa shape index (κ1) is 20.9. The molecule has 0 aliphatic heterocycles. The van der Waals surface area contributed by atoms with Crippen LogP contribution in [-0.2, 0) is 22.0 Å². The van der Waals surface area contributed by atoms with Gasteiger partial charge in [0.05, 0.1) is 23.2 Å². The molecular formula is C21H26N4O3S. The minimum Gasteiger partial charge on any atom is -0.366 e. The molecule has 0 fully saturated rings. The summed E-state index contributed by atoms with van der Waals surface area (Å²) in [4.78, 5) is 16.3. The Labute approximate surface area is 171 Å². The van der Waals surface area contributed by atoms with E-state index in [9.17, 15) is 13.2 Å². The third-order valence-electron chi connectivity index (χ3n) is 4.81. The fourth-order valence-electron chi connectivity index (χ4n) is 3.10. The maximum Gasteiger partial charge on any atom is 0.250 e. The van der Waals surface area contributed by atoms with Crippen molar-refractivity contribution in [2.24, 2.45) is 5.73 Å². The lowest BCUT2D eigenvalue weighted by molar-refractivity contribution is 0.100. The molecule has 0 saturated heterocycles. The number of benzene rings is 1. The van der Waals surface area contributed by atoms with Crippen LogP contribution in [-0.4, -0.2) is 29.6 Å². The molecule has 2 heterocycles. The van der Waals surface area contributed by atoms with Crippen molar-refractivity contribution in [2.75, 3.05) is 10.5 Å². The molecule has 2 aromatic heterocycles. The number of nitrogens with one attached hydrogen (secondary N) is 1. The van der Waals surface area contributed by atoms with E-state index >= 15 is 0 Å². The highest BCUT2D eigenvalue weighted by Crippen LogP contribution is 2.26. The van der Waals surface area contributed by atoms with E-state index in [1.54, 1.807) is 19.2 Å². The SMILES string of the molecule is CCS(=O)(=O)Nc1cnc2c(c1)c(C(N)=O)cn2Cc1ccc(C(C)(C)C)cc1. The van der Waals surface area contributed by atoms with Gasteiger partial charge in [0.15, 0.2) is 0 Å². The molecule has 3 aromatic rings. The van der Waals surface area contributed by atoms with E-state index in [1.807, 2.05) is 4.57 Å². The number of carbonyl (C=O) groups excluding carboxylic acids is 1. The number of nitrogens with zero attached hydrogens (tertiary/aromatic N) is 2. The van der Waals surface area contributed by atoms with Crippen LogP contribution in [0.15, 0.2) is 42.7 Å². The van der Waals surface area contributed by atoms with Crippen LogP contribution in [0.2, 0.25) is 0 Å². The highest BCUT2D eigenvalue weighted by Gasteiger charge is 2.17. The zero-order valence-electron chi connectivity index (χ0n) is 17.1. The minimum atomic E-state index is -3.45. The second-order valence-electron chi connectivity index (χ2n) is 8.08. The third kappa shape index (κ3) is 4.59. The molecule has 0 radical (unpaired) electrons. The zero-order valence-corrected chi connectivity index (χ0v) is 17.9. The molecule has 29 heavy (non-hydrogen) atoms. The lowest BCUT2D eigenvalue weighted by atomic mass is 9.87. The largest absolute Gasteiger partial charge is 0.366 e. The van der Waals surface area contributed by atoms with Gasteiger partial charge >= 0.3 is 0 Å². The Morgan fingerprint density at radius 3 is 2.41 bits per heavy atom. The highest BCUT2D eigenvalue weighted by atomic mass is 32.2.